The van der Waals surface area contributed by atoms with Crippen molar-refractivity contribution >= 4 is 122 Å². The van der Waals surface area contributed by atoms with Crippen molar-refractivity contribution in [3.8, 4) is 33.4 Å². The van der Waals surface area contributed by atoms with E-state index in [1.807, 2.05) is 166 Å². The number of carbonyl (C=O) groups excluding carboxylic acids is 6. The van der Waals surface area contributed by atoms with Crippen molar-refractivity contribution in [1.29, 1.82) is 0 Å². The van der Waals surface area contributed by atoms with E-state index < -0.39 is 11.9 Å². The highest BCUT2D eigenvalue weighted by Gasteiger charge is 2.52. The van der Waals surface area contributed by atoms with Gasteiger partial charge in [0.1, 0.15) is 0 Å². The topological polar surface area (TPSA) is 444 Å². The largest absolute Gasteiger partial charge is 0.494 e. The number of carbonyl (C=O) groups is 8. The second-order valence-electron chi connectivity index (χ2n) is 37.8. The van der Waals surface area contributed by atoms with E-state index in [2.05, 4.69) is 138 Å². The van der Waals surface area contributed by atoms with Gasteiger partial charge in [-0.25, -0.2) is 9.59 Å². The van der Waals surface area contributed by atoms with Crippen LogP contribution >= 0.6 is 15.9 Å². The van der Waals surface area contributed by atoms with E-state index in [9.17, 15) is 43.5 Å². The Bertz CT molecular complexity index is 6440. The summed E-state index contributed by atoms with van der Waals surface area (Å²) in [5.41, 5.74) is 26.5. The Morgan fingerprint density at radius 1 is 0.476 bits per heavy atom. The van der Waals surface area contributed by atoms with Gasteiger partial charge < -0.3 is 95.5 Å². The molecule has 9 aliphatic rings. The van der Waals surface area contributed by atoms with E-state index in [0.717, 1.165) is 255 Å². The molecule has 0 atom stereocenters. The zero-order valence-electron chi connectivity index (χ0n) is 84.1. The number of carboxylic acid groups (broad SMARTS) is 2. The number of rotatable bonds is 23. The molecule has 0 radical (unpaired) electrons. The van der Waals surface area contributed by atoms with Gasteiger partial charge in [-0.3, -0.25) is 47.5 Å². The molecule has 0 saturated carbocycles. The number of nitrogens with one attached hydrogen (secondary N) is 8. The minimum Gasteiger partial charge on any atom is -0.478 e. The number of hydrogen-bond donors (Lipinski definition) is 11. The van der Waals surface area contributed by atoms with Crippen molar-refractivity contribution in [3.63, 3.8) is 0 Å². The maximum atomic E-state index is 13.0. The number of ether oxygens (including phenoxy) is 4. The van der Waals surface area contributed by atoms with Crippen LogP contribution in [0.25, 0.3) is 56.7 Å². The number of amides is 5. The Hall–Kier alpha value is -12.8. The lowest BCUT2D eigenvalue weighted by atomic mass is 9.78. The lowest BCUT2D eigenvalue weighted by Crippen LogP contribution is -2.41. The van der Waals surface area contributed by atoms with Gasteiger partial charge in [-0.05, 0) is 267 Å². The summed E-state index contributed by atoms with van der Waals surface area (Å²) in [6.07, 6.45) is 28.8. The first-order valence-corrected chi connectivity index (χ1v) is 50.1. The van der Waals surface area contributed by atoms with Crippen LogP contribution in [-0.4, -0.2) is 245 Å². The van der Waals surface area contributed by atoms with Crippen molar-refractivity contribution in [1.82, 2.24) is 69.2 Å². The number of benzene rings is 4. The molecule has 0 unspecified atom stereocenters. The highest BCUT2D eigenvalue weighted by Crippen LogP contribution is 2.42. The molecule has 143 heavy (non-hydrogen) atoms. The minimum absolute atomic E-state index is 0.0427. The molecule has 0 aliphatic carbocycles. The van der Waals surface area contributed by atoms with Crippen LogP contribution in [0.5, 0.6) is 0 Å². The summed E-state index contributed by atoms with van der Waals surface area (Å²) in [5, 5.41) is 50.7. The molecule has 0 bridgehead atoms. The number of H-pyrrole nitrogens is 3. The molecule has 12 N–H and O–H groups in total. The Labute approximate surface area is 842 Å². The van der Waals surface area contributed by atoms with E-state index in [-0.39, 0.29) is 59.0 Å². The minimum atomic E-state index is -1.01. The fourth-order valence-corrected chi connectivity index (χ4v) is 19.2. The number of aryl methyl sites for hydroxylation is 3. The summed E-state index contributed by atoms with van der Waals surface area (Å²) in [7, 11) is -0.369. The third-order valence-corrected chi connectivity index (χ3v) is 28.4. The summed E-state index contributed by atoms with van der Waals surface area (Å²) in [6.45, 7) is 40.9. The van der Waals surface area contributed by atoms with Crippen LogP contribution in [-0.2, 0) is 60.3 Å². The van der Waals surface area contributed by atoms with Crippen molar-refractivity contribution in [2.24, 2.45) is 5.73 Å². The number of fused-ring (bicyclic) bond motifs is 4. The van der Waals surface area contributed by atoms with Gasteiger partial charge in [-0.15, -0.1) is 0 Å². The molecule has 11 aromatic rings. The van der Waals surface area contributed by atoms with Crippen LogP contribution in [0.1, 0.15) is 240 Å². The smallest absolute Gasteiger partial charge is 0.478 e. The number of nitrogens with two attached hydrogens (primary N) is 1. The van der Waals surface area contributed by atoms with Crippen LogP contribution in [0.2, 0.25) is 0 Å². The average Bonchev–Trinajstić information content (AvgIpc) is 1.62. The molecular weight excluding hydrogens is 1890 g/mol. The molecule has 0 spiro atoms. The van der Waals surface area contributed by atoms with Gasteiger partial charge in [0.2, 0.25) is 11.8 Å². The van der Waals surface area contributed by atoms with Crippen molar-refractivity contribution in [3.05, 3.63) is 217 Å². The molecule has 9 aliphatic heterocycles. The van der Waals surface area contributed by atoms with Crippen LogP contribution in [0.4, 0.5) is 22.7 Å². The highest BCUT2D eigenvalue weighted by molar-refractivity contribution is 9.10. The Morgan fingerprint density at radius 3 is 1.20 bits per heavy atom. The van der Waals surface area contributed by atoms with Crippen molar-refractivity contribution < 1.29 is 76.8 Å². The van der Waals surface area contributed by atoms with Crippen molar-refractivity contribution in [2.75, 3.05) is 126 Å². The molecule has 5 saturated heterocycles. The van der Waals surface area contributed by atoms with Gasteiger partial charge in [-0.1, -0.05) is 58.0 Å². The number of aromatic carboxylic acids is 2. The Morgan fingerprint density at radius 2 is 0.832 bits per heavy atom. The molecule has 35 nitrogen and oxygen atoms in total. The second-order valence-corrected chi connectivity index (χ2v) is 38.7. The van der Waals surface area contributed by atoms with E-state index in [4.69, 9.17) is 39.1 Å². The van der Waals surface area contributed by atoms with E-state index in [1.54, 1.807) is 33.8 Å². The number of hydrogen-bond acceptors (Lipinski definition) is 21. The number of anilines is 4. The number of likely N-dealkylation sites (N-methyl/N-ethyl adjacent to an activating group) is 2. The number of nitrogens with zero attached hydrogens (tertiary/aromatic N) is 10. The zero-order valence-corrected chi connectivity index (χ0v) is 85.7. The number of aldehydes is 1. The SMILES string of the molecule is Brc1cnn(C2CCOCC2)c1.CC1(C)OB(c2ccc3c(c2)CC(=O)N3)OC1(C)C.CCN(CC)CCN.CCN(CC)CCNC(=O)c1c(C)[nH]c(/C=C2\C(=O)Nc3ccc(-c4cnn(C5CCOCC5)c4)cc32)c1C.Cc1[nH]c(/C=C2\C(=O)Nc3ccc(-c4cnn(C5CCOCC5)c4)cc32)c(C)c1C(=O)O.Cc1[nH]c(C=O)c(C)c1C(=O)O.O=C1Cc2cc(-c3cnn(C4CCOCC4)c3)ccc2N1. The van der Waals surface area contributed by atoms with Gasteiger partial charge >= 0.3 is 19.1 Å². The molecule has 5 fully saturated rings. The maximum absolute atomic E-state index is 13.0. The molecule has 4 aromatic carbocycles. The first-order chi connectivity index (χ1) is 68.7. The number of carboxylic acids is 2. The fourth-order valence-electron chi connectivity index (χ4n) is 18.9. The first kappa shape index (κ1) is 106. The number of halogens is 1. The molecule has 20 rings (SSSR count). The average molecular weight is 2020 g/mol. The fraction of sp³-hybridized carbons (Fsp3) is 0.434. The summed E-state index contributed by atoms with van der Waals surface area (Å²) in [6, 6.07) is 25.5. The van der Waals surface area contributed by atoms with E-state index >= 15 is 0 Å². The normalized spacial score (nSPS) is 17.4. The van der Waals surface area contributed by atoms with E-state index in [1.165, 1.54) is 0 Å². The lowest BCUT2D eigenvalue weighted by molar-refractivity contribution is -0.115. The van der Waals surface area contributed by atoms with Crippen LogP contribution < -0.4 is 37.8 Å². The molecule has 7 aromatic heterocycles. The van der Waals surface area contributed by atoms with Gasteiger partial charge in [0, 0.05) is 183 Å². The predicted molar refractivity (Wildman–Crippen MR) is 556 cm³/mol. The standard InChI is InChI=1S/C30H38N6O3.C24H24N4O4.C16H17N3O2.C14H18BNO3.C8H11BrN2O.C8H9NO3.C6H16N2/c1-5-35(6-2)12-11-31-30(38)28-19(3)27(33-20(28)4)16-25-24-15-21(7-8-26(24)34-29(25)37)22-17-32-36(18-22)23-9-13-39-14-10-23;1-13-21(26-14(2)22(13)24(30)31)10-19-18-9-15(3-4-20(18)27-23(19)29)16-11-25-28(12-16)17-5-7-32-8-6-17;20-16-8-12-7-11(1-2-15(12)18-16)13-9-17-19(10-13)14-3-5-21-6-4-14;1-13(2)14(3,4)19-15(18-13)10-5-6-11-9(7-10)8-12(17)16-11;9-7-5-10-11(6-7)8-1-3-12-4-2-8;1-4-6(3-10)9-5(2)7(4)8(11)12;1-3-8(4-2)6-5-7/h7-8,15-18,23,33H,5-6,9-14H2,1-4H3,(H,31,38)(H,34,37);3-4,9-12,17,26H,5-8H2,1-2H3,(H,27,29)(H,30,31);1-2,7,9-10,14H,3-6,8H2,(H,18,20);5-7H,8H2,1-4H3,(H,16,17);5-6,8H,1-4H2;3,9H,1-2H3,(H,11,12);3-7H2,1-2H3/b25-16-;19-10-;;;;;. The Kier molecular flexibility index (Phi) is 35.6. The summed E-state index contributed by atoms with van der Waals surface area (Å²) >= 11 is 3.38. The molecule has 5 amide bonds. The third kappa shape index (κ3) is 25.7. The summed E-state index contributed by atoms with van der Waals surface area (Å²) < 4.78 is 42.8. The molecular formula is C106H133BBrN19O16. The first-order valence-electron chi connectivity index (χ1n) is 49.3. The van der Waals surface area contributed by atoms with E-state index in [0.29, 0.717) is 100 Å². The molecule has 16 heterocycles. The van der Waals surface area contributed by atoms with Crippen LogP contribution in [0, 0.1) is 41.5 Å². The monoisotopic (exact) mass is 2020 g/mol. The maximum Gasteiger partial charge on any atom is 0.494 e. The quantitative estimate of drug-likeness (QED) is 0.0161. The van der Waals surface area contributed by atoms with Crippen molar-refractivity contribution in [2.45, 2.75) is 197 Å². The lowest BCUT2D eigenvalue weighted by Gasteiger charge is -2.32. The number of aromatic amines is 3. The van der Waals surface area contributed by atoms with Gasteiger partial charge in [0.15, 0.2) is 6.29 Å². The van der Waals surface area contributed by atoms with Crippen LogP contribution in [0.15, 0.2) is 127 Å². The van der Waals surface area contributed by atoms with Gasteiger partial charge in [-0.2, -0.15) is 20.4 Å². The van der Waals surface area contributed by atoms with Gasteiger partial charge in [0.05, 0.1) is 111 Å². The summed E-state index contributed by atoms with van der Waals surface area (Å²) in [5.74, 6) is -2.34. The molecule has 758 valence electrons. The second kappa shape index (κ2) is 48.0. The Balaban J connectivity index is 0.000000140. The van der Waals surface area contributed by atoms with Crippen LogP contribution in [0.3, 0.4) is 0 Å². The molecule has 37 heteroatoms. The predicted octanol–water partition coefficient (Wildman–Crippen LogP) is 15.8. The third-order valence-electron chi connectivity index (χ3n) is 28.0. The highest BCUT2D eigenvalue weighted by atomic mass is 79.9. The zero-order chi connectivity index (χ0) is 102. The summed E-state index contributed by atoms with van der Waals surface area (Å²) in [4.78, 5) is 108. The van der Waals surface area contributed by atoms with Gasteiger partial charge in [0.25, 0.3) is 17.7 Å². The number of aromatic nitrogens is 11.